The molecular formula is C15H28N2O. The van der Waals surface area contributed by atoms with E-state index < -0.39 is 0 Å². The van der Waals surface area contributed by atoms with E-state index in [1.54, 1.807) is 0 Å². The topological polar surface area (TPSA) is 23.6 Å². The molecule has 1 saturated carbocycles. The lowest BCUT2D eigenvalue weighted by atomic mass is 10.1. The Morgan fingerprint density at radius 3 is 2.44 bits per heavy atom. The minimum atomic E-state index is 0.366. The summed E-state index contributed by atoms with van der Waals surface area (Å²) in [6.45, 7) is 8.26. The van der Waals surface area contributed by atoms with Gasteiger partial charge in [-0.3, -0.25) is 9.69 Å². The third-order valence-corrected chi connectivity index (χ3v) is 4.10. The number of carbonyl (C=O) groups excluding carboxylic acids is 1. The molecule has 0 aromatic carbocycles. The Bertz CT molecular complexity index is 268. The zero-order valence-electron chi connectivity index (χ0n) is 12.0. The predicted octanol–water partition coefficient (Wildman–Crippen LogP) is 2.51. The van der Waals surface area contributed by atoms with Gasteiger partial charge in [-0.1, -0.05) is 13.8 Å². The van der Waals surface area contributed by atoms with Gasteiger partial charge in [0.15, 0.2) is 0 Å². The quantitative estimate of drug-likeness (QED) is 0.725. The number of carbonyl (C=O) groups is 1. The lowest BCUT2D eigenvalue weighted by Crippen LogP contribution is -2.43. The third kappa shape index (κ3) is 4.27. The van der Waals surface area contributed by atoms with Crippen molar-refractivity contribution in [3.63, 3.8) is 0 Å². The minimum Gasteiger partial charge on any atom is -0.342 e. The molecule has 2 aliphatic rings. The van der Waals surface area contributed by atoms with Crippen molar-refractivity contribution >= 4 is 5.91 Å². The van der Waals surface area contributed by atoms with Gasteiger partial charge in [0.05, 0.1) is 6.54 Å². The smallest absolute Gasteiger partial charge is 0.236 e. The van der Waals surface area contributed by atoms with Crippen LogP contribution in [0.1, 0.15) is 52.4 Å². The largest absolute Gasteiger partial charge is 0.342 e. The van der Waals surface area contributed by atoms with Crippen molar-refractivity contribution in [1.29, 1.82) is 0 Å². The van der Waals surface area contributed by atoms with E-state index >= 15 is 0 Å². The Morgan fingerprint density at radius 2 is 1.89 bits per heavy atom. The van der Waals surface area contributed by atoms with Crippen LogP contribution in [-0.4, -0.2) is 47.9 Å². The summed E-state index contributed by atoms with van der Waals surface area (Å²) in [6, 6.07) is 0.706. The Balaban J connectivity index is 1.78. The number of nitrogens with zero attached hydrogens (tertiary/aromatic N) is 2. The lowest BCUT2D eigenvalue weighted by Gasteiger charge is -2.30. The molecule has 2 rings (SSSR count). The number of rotatable bonds is 6. The second kappa shape index (κ2) is 6.55. The van der Waals surface area contributed by atoms with Crippen LogP contribution in [0.4, 0.5) is 0 Å². The molecule has 1 aliphatic carbocycles. The van der Waals surface area contributed by atoms with E-state index in [4.69, 9.17) is 0 Å². The molecule has 0 radical (unpaired) electrons. The Labute approximate surface area is 112 Å². The van der Waals surface area contributed by atoms with Gasteiger partial charge in [0.2, 0.25) is 5.91 Å². The zero-order chi connectivity index (χ0) is 13.0. The summed E-state index contributed by atoms with van der Waals surface area (Å²) in [5.41, 5.74) is 0. The second-order valence-electron chi connectivity index (χ2n) is 6.33. The van der Waals surface area contributed by atoms with E-state index in [-0.39, 0.29) is 0 Å². The summed E-state index contributed by atoms with van der Waals surface area (Å²) in [5.74, 6) is 1.10. The fourth-order valence-electron chi connectivity index (χ4n) is 2.67. The normalized spacial score (nSPS) is 20.8. The number of hydrogen-bond acceptors (Lipinski definition) is 2. The molecule has 1 amide bonds. The first-order chi connectivity index (χ1) is 8.66. The van der Waals surface area contributed by atoms with E-state index in [1.807, 2.05) is 0 Å². The molecule has 3 heteroatoms. The molecule has 1 saturated heterocycles. The summed E-state index contributed by atoms with van der Waals surface area (Å²) in [4.78, 5) is 16.8. The standard InChI is InChI=1S/C15H28N2O/c1-13(2)8-11-17(14-6-7-14)12-15(18)16-9-4-3-5-10-16/h13-14H,3-12H2,1-2H3. The molecule has 0 aromatic rings. The molecule has 3 nitrogen and oxygen atoms in total. The zero-order valence-corrected chi connectivity index (χ0v) is 12.0. The molecule has 0 bridgehead atoms. The maximum Gasteiger partial charge on any atom is 0.236 e. The number of piperidine rings is 1. The van der Waals surface area contributed by atoms with Crippen LogP contribution in [-0.2, 0) is 4.79 Å². The Morgan fingerprint density at radius 1 is 1.22 bits per heavy atom. The van der Waals surface area contributed by atoms with Crippen molar-refractivity contribution in [2.24, 2.45) is 5.92 Å². The predicted molar refractivity (Wildman–Crippen MR) is 74.5 cm³/mol. The van der Waals surface area contributed by atoms with Crippen molar-refractivity contribution in [2.45, 2.75) is 58.4 Å². The van der Waals surface area contributed by atoms with Crippen LogP contribution in [0.15, 0.2) is 0 Å². The molecule has 0 spiro atoms. The van der Waals surface area contributed by atoms with E-state index in [1.165, 1.54) is 38.5 Å². The van der Waals surface area contributed by atoms with Crippen LogP contribution >= 0.6 is 0 Å². The summed E-state index contributed by atoms with van der Waals surface area (Å²) in [7, 11) is 0. The highest BCUT2D eigenvalue weighted by Gasteiger charge is 2.31. The molecule has 1 heterocycles. The van der Waals surface area contributed by atoms with Crippen molar-refractivity contribution in [3.8, 4) is 0 Å². The molecule has 0 unspecified atom stereocenters. The number of likely N-dealkylation sites (tertiary alicyclic amines) is 1. The van der Waals surface area contributed by atoms with E-state index in [0.29, 0.717) is 18.5 Å². The fourth-order valence-corrected chi connectivity index (χ4v) is 2.67. The van der Waals surface area contributed by atoms with E-state index in [2.05, 4.69) is 23.6 Å². The summed E-state index contributed by atoms with van der Waals surface area (Å²) < 4.78 is 0. The van der Waals surface area contributed by atoms with Gasteiger partial charge in [0.1, 0.15) is 0 Å². The molecule has 0 aromatic heterocycles. The molecule has 1 aliphatic heterocycles. The molecule has 104 valence electrons. The number of hydrogen-bond donors (Lipinski definition) is 0. The van der Waals surface area contributed by atoms with Crippen LogP contribution in [0.25, 0.3) is 0 Å². The van der Waals surface area contributed by atoms with Crippen LogP contribution in [0.5, 0.6) is 0 Å². The van der Waals surface area contributed by atoms with Gasteiger partial charge < -0.3 is 4.90 Å². The average molecular weight is 252 g/mol. The van der Waals surface area contributed by atoms with Crippen LogP contribution in [0.2, 0.25) is 0 Å². The first-order valence-electron chi connectivity index (χ1n) is 7.68. The summed E-state index contributed by atoms with van der Waals surface area (Å²) in [6.07, 6.45) is 7.49. The highest BCUT2D eigenvalue weighted by Crippen LogP contribution is 2.27. The van der Waals surface area contributed by atoms with E-state index in [9.17, 15) is 4.79 Å². The van der Waals surface area contributed by atoms with Gasteiger partial charge in [-0.15, -0.1) is 0 Å². The maximum absolute atomic E-state index is 12.3. The highest BCUT2D eigenvalue weighted by atomic mass is 16.2. The van der Waals surface area contributed by atoms with Gasteiger partial charge >= 0.3 is 0 Å². The van der Waals surface area contributed by atoms with Crippen molar-refractivity contribution in [1.82, 2.24) is 9.80 Å². The average Bonchev–Trinajstić information content (AvgIpc) is 3.19. The number of amides is 1. The van der Waals surface area contributed by atoms with Crippen molar-refractivity contribution < 1.29 is 4.79 Å². The van der Waals surface area contributed by atoms with Gasteiger partial charge in [-0.2, -0.15) is 0 Å². The lowest BCUT2D eigenvalue weighted by molar-refractivity contribution is -0.133. The fraction of sp³-hybridized carbons (Fsp3) is 0.933. The first-order valence-corrected chi connectivity index (χ1v) is 7.68. The van der Waals surface area contributed by atoms with Crippen molar-refractivity contribution in [2.75, 3.05) is 26.2 Å². The van der Waals surface area contributed by atoms with Gasteiger partial charge in [-0.25, -0.2) is 0 Å². The molecule has 2 fully saturated rings. The molecule has 0 atom stereocenters. The first kappa shape index (κ1) is 13.9. The Hall–Kier alpha value is -0.570. The molecule has 18 heavy (non-hydrogen) atoms. The minimum absolute atomic E-state index is 0.366. The highest BCUT2D eigenvalue weighted by molar-refractivity contribution is 5.78. The van der Waals surface area contributed by atoms with Gasteiger partial charge in [0.25, 0.3) is 0 Å². The van der Waals surface area contributed by atoms with Crippen LogP contribution in [0.3, 0.4) is 0 Å². The summed E-state index contributed by atoms with van der Waals surface area (Å²) in [5, 5.41) is 0. The van der Waals surface area contributed by atoms with Crippen LogP contribution < -0.4 is 0 Å². The van der Waals surface area contributed by atoms with Crippen LogP contribution in [0, 0.1) is 5.92 Å². The maximum atomic E-state index is 12.3. The van der Waals surface area contributed by atoms with E-state index in [0.717, 1.165) is 25.6 Å². The van der Waals surface area contributed by atoms with Gasteiger partial charge in [0, 0.05) is 19.1 Å². The molecular weight excluding hydrogens is 224 g/mol. The van der Waals surface area contributed by atoms with Gasteiger partial charge in [-0.05, 0) is 51.0 Å². The SMILES string of the molecule is CC(C)CCN(CC(=O)N1CCCCC1)C1CC1. The Kier molecular flexibility index (Phi) is 5.04. The monoisotopic (exact) mass is 252 g/mol. The van der Waals surface area contributed by atoms with Crippen molar-refractivity contribution in [3.05, 3.63) is 0 Å². The summed E-state index contributed by atoms with van der Waals surface area (Å²) >= 11 is 0. The molecule has 0 N–H and O–H groups in total. The second-order valence-corrected chi connectivity index (χ2v) is 6.33. The third-order valence-electron chi connectivity index (χ3n) is 4.10.